The van der Waals surface area contributed by atoms with E-state index < -0.39 is 0 Å². The van der Waals surface area contributed by atoms with Crippen molar-refractivity contribution in [2.24, 2.45) is 4.99 Å². The van der Waals surface area contributed by atoms with E-state index in [0.717, 1.165) is 11.1 Å². The summed E-state index contributed by atoms with van der Waals surface area (Å²) in [5.74, 6) is 0.169. The SMILES string of the molecule is CN=C(NCc1ccc(F)c(COC)c1)N(C)Cc1ccc(F)cc1. The monoisotopic (exact) mass is 347 g/mol. The van der Waals surface area contributed by atoms with Crippen LogP contribution in [0.25, 0.3) is 0 Å². The minimum atomic E-state index is -0.275. The Kier molecular flexibility index (Phi) is 6.89. The van der Waals surface area contributed by atoms with Crippen LogP contribution < -0.4 is 5.32 Å². The second-order valence-electron chi connectivity index (χ2n) is 5.74. The summed E-state index contributed by atoms with van der Waals surface area (Å²) in [6, 6.07) is 11.3. The predicted octanol–water partition coefficient (Wildman–Crippen LogP) is 3.32. The van der Waals surface area contributed by atoms with Gasteiger partial charge in [-0.1, -0.05) is 18.2 Å². The quantitative estimate of drug-likeness (QED) is 0.643. The molecule has 6 heteroatoms. The highest BCUT2D eigenvalue weighted by Gasteiger charge is 2.08. The van der Waals surface area contributed by atoms with Crippen LogP contribution in [0.5, 0.6) is 0 Å². The maximum absolute atomic E-state index is 13.7. The summed E-state index contributed by atoms with van der Waals surface area (Å²) in [6.45, 7) is 1.34. The fourth-order valence-corrected chi connectivity index (χ4v) is 2.51. The molecule has 0 heterocycles. The second-order valence-corrected chi connectivity index (χ2v) is 5.74. The zero-order valence-corrected chi connectivity index (χ0v) is 14.7. The van der Waals surface area contributed by atoms with Gasteiger partial charge in [-0.15, -0.1) is 0 Å². The maximum Gasteiger partial charge on any atom is 0.193 e. The molecule has 0 bridgehead atoms. The Morgan fingerprint density at radius 3 is 2.44 bits per heavy atom. The van der Waals surface area contributed by atoms with Gasteiger partial charge in [-0.3, -0.25) is 4.99 Å². The minimum absolute atomic E-state index is 0.235. The van der Waals surface area contributed by atoms with Gasteiger partial charge in [0.25, 0.3) is 0 Å². The van der Waals surface area contributed by atoms with Gasteiger partial charge in [-0.25, -0.2) is 8.78 Å². The zero-order valence-electron chi connectivity index (χ0n) is 14.7. The van der Waals surface area contributed by atoms with Crippen LogP contribution in [0.1, 0.15) is 16.7 Å². The third-order valence-corrected chi connectivity index (χ3v) is 3.77. The van der Waals surface area contributed by atoms with Crippen molar-refractivity contribution in [3.63, 3.8) is 0 Å². The number of nitrogens with one attached hydrogen (secondary N) is 1. The molecule has 4 nitrogen and oxygen atoms in total. The first kappa shape index (κ1) is 18.9. The van der Waals surface area contributed by atoms with E-state index in [1.54, 1.807) is 31.3 Å². The number of aliphatic imine (C=N–C) groups is 1. The number of ether oxygens (including phenoxy) is 1. The van der Waals surface area contributed by atoms with Gasteiger partial charge in [-0.2, -0.15) is 0 Å². The molecule has 134 valence electrons. The second kappa shape index (κ2) is 9.13. The lowest BCUT2D eigenvalue weighted by Gasteiger charge is -2.22. The number of halogens is 2. The molecule has 0 aliphatic rings. The van der Waals surface area contributed by atoms with Crippen LogP contribution in [-0.4, -0.2) is 32.1 Å². The van der Waals surface area contributed by atoms with Crippen molar-refractivity contribution in [2.45, 2.75) is 19.7 Å². The summed E-state index contributed by atoms with van der Waals surface area (Å²) < 4.78 is 31.7. The van der Waals surface area contributed by atoms with E-state index in [1.807, 2.05) is 11.9 Å². The fourth-order valence-electron chi connectivity index (χ4n) is 2.51. The summed E-state index contributed by atoms with van der Waals surface area (Å²) in [7, 11) is 5.14. The Balaban J connectivity index is 1.97. The molecule has 1 N–H and O–H groups in total. The number of methoxy groups -OCH3 is 1. The topological polar surface area (TPSA) is 36.9 Å². The fraction of sp³-hybridized carbons (Fsp3) is 0.316. The van der Waals surface area contributed by atoms with E-state index in [-0.39, 0.29) is 18.2 Å². The molecule has 0 radical (unpaired) electrons. The van der Waals surface area contributed by atoms with Crippen molar-refractivity contribution >= 4 is 5.96 Å². The molecule has 0 spiro atoms. The van der Waals surface area contributed by atoms with Gasteiger partial charge in [-0.05, 0) is 35.4 Å². The van der Waals surface area contributed by atoms with Gasteiger partial charge in [0.2, 0.25) is 0 Å². The molecule has 0 saturated heterocycles. The largest absolute Gasteiger partial charge is 0.380 e. The molecule has 25 heavy (non-hydrogen) atoms. The van der Waals surface area contributed by atoms with Gasteiger partial charge >= 0.3 is 0 Å². The van der Waals surface area contributed by atoms with Crippen molar-refractivity contribution in [1.82, 2.24) is 10.2 Å². The first-order valence-electron chi connectivity index (χ1n) is 7.96. The number of hydrogen-bond acceptors (Lipinski definition) is 2. The highest BCUT2D eigenvalue weighted by atomic mass is 19.1. The van der Waals surface area contributed by atoms with Gasteiger partial charge in [0.1, 0.15) is 11.6 Å². The molecule has 2 aromatic carbocycles. The molecule has 0 aliphatic carbocycles. The van der Waals surface area contributed by atoms with E-state index in [4.69, 9.17) is 4.74 Å². The van der Waals surface area contributed by atoms with Gasteiger partial charge in [0.15, 0.2) is 5.96 Å². The number of benzene rings is 2. The Morgan fingerprint density at radius 1 is 1.12 bits per heavy atom. The smallest absolute Gasteiger partial charge is 0.193 e. The maximum atomic E-state index is 13.7. The lowest BCUT2D eigenvalue weighted by molar-refractivity contribution is 0.181. The summed E-state index contributed by atoms with van der Waals surface area (Å²) in [5, 5.41) is 3.24. The third-order valence-electron chi connectivity index (χ3n) is 3.77. The molecule has 0 atom stereocenters. The van der Waals surface area contributed by atoms with Crippen LogP contribution in [0.15, 0.2) is 47.5 Å². The van der Waals surface area contributed by atoms with Crippen LogP contribution in [0.3, 0.4) is 0 Å². The standard InChI is InChI=1S/C19H23F2N3O/c1-22-19(24(2)12-14-4-7-17(20)8-5-14)23-11-15-6-9-18(21)16(10-15)13-25-3/h4-10H,11-13H2,1-3H3,(H,22,23). The lowest BCUT2D eigenvalue weighted by atomic mass is 10.1. The third kappa shape index (κ3) is 5.53. The van der Waals surface area contributed by atoms with E-state index in [9.17, 15) is 8.78 Å². The summed E-state index contributed by atoms with van der Waals surface area (Å²) in [6.07, 6.45) is 0. The average Bonchev–Trinajstić information content (AvgIpc) is 2.60. The number of guanidine groups is 1. The Morgan fingerprint density at radius 2 is 1.80 bits per heavy atom. The molecule has 0 saturated carbocycles. The van der Waals surface area contributed by atoms with E-state index in [0.29, 0.717) is 24.6 Å². The van der Waals surface area contributed by atoms with Crippen LogP contribution in [0.2, 0.25) is 0 Å². The van der Waals surface area contributed by atoms with E-state index >= 15 is 0 Å². The van der Waals surface area contributed by atoms with Crippen molar-refractivity contribution in [2.75, 3.05) is 21.2 Å². The van der Waals surface area contributed by atoms with Crippen molar-refractivity contribution in [3.8, 4) is 0 Å². The highest BCUT2D eigenvalue weighted by Crippen LogP contribution is 2.12. The van der Waals surface area contributed by atoms with Crippen LogP contribution in [-0.2, 0) is 24.4 Å². The number of rotatable bonds is 6. The van der Waals surface area contributed by atoms with Gasteiger partial charge in [0.05, 0.1) is 6.61 Å². The summed E-state index contributed by atoms with van der Waals surface area (Å²) >= 11 is 0. The Labute approximate surface area is 147 Å². The molecule has 0 amide bonds. The molecule has 0 aromatic heterocycles. The van der Waals surface area contributed by atoms with Crippen LogP contribution >= 0.6 is 0 Å². The van der Waals surface area contributed by atoms with Crippen molar-refractivity contribution < 1.29 is 13.5 Å². The van der Waals surface area contributed by atoms with E-state index in [2.05, 4.69) is 10.3 Å². The van der Waals surface area contributed by atoms with Crippen molar-refractivity contribution in [3.05, 3.63) is 70.8 Å². The lowest BCUT2D eigenvalue weighted by Crippen LogP contribution is -2.38. The van der Waals surface area contributed by atoms with Gasteiger partial charge < -0.3 is 15.0 Å². The van der Waals surface area contributed by atoms with E-state index in [1.165, 1.54) is 25.3 Å². The summed E-state index contributed by atoms with van der Waals surface area (Å²) in [4.78, 5) is 6.19. The first-order chi connectivity index (χ1) is 12.0. The Bertz CT molecular complexity index is 717. The molecular formula is C19H23F2N3O. The normalized spacial score (nSPS) is 11.5. The van der Waals surface area contributed by atoms with Crippen LogP contribution in [0, 0.1) is 11.6 Å². The first-order valence-corrected chi connectivity index (χ1v) is 7.96. The molecule has 0 unspecified atom stereocenters. The molecule has 0 aliphatic heterocycles. The summed E-state index contributed by atoms with van der Waals surface area (Å²) in [5.41, 5.74) is 2.44. The zero-order chi connectivity index (χ0) is 18.2. The molecule has 2 rings (SSSR count). The molecular weight excluding hydrogens is 324 g/mol. The average molecular weight is 347 g/mol. The molecule has 0 fully saturated rings. The molecule has 2 aromatic rings. The van der Waals surface area contributed by atoms with Gasteiger partial charge in [0, 0.05) is 39.9 Å². The predicted molar refractivity (Wildman–Crippen MR) is 95.2 cm³/mol. The number of hydrogen-bond donors (Lipinski definition) is 1. The minimum Gasteiger partial charge on any atom is -0.380 e. The Hall–Kier alpha value is -2.47. The van der Waals surface area contributed by atoms with Crippen LogP contribution in [0.4, 0.5) is 8.78 Å². The van der Waals surface area contributed by atoms with Crippen molar-refractivity contribution in [1.29, 1.82) is 0 Å². The highest BCUT2D eigenvalue weighted by molar-refractivity contribution is 5.79. The number of nitrogens with zero attached hydrogens (tertiary/aromatic N) is 2.